The highest BCUT2D eigenvalue weighted by atomic mass is 32.1. The first kappa shape index (κ1) is 33.2. The zero-order valence-electron chi connectivity index (χ0n) is 26.7. The van der Waals surface area contributed by atoms with E-state index in [4.69, 9.17) is 0 Å². The number of rotatable bonds is 9. The number of carbonyl (C=O) groups excluding carboxylic acids is 1. The van der Waals surface area contributed by atoms with Crippen LogP contribution in [0.3, 0.4) is 0 Å². The molecule has 2 saturated heterocycles. The van der Waals surface area contributed by atoms with Gasteiger partial charge in [0.25, 0.3) is 0 Å². The highest BCUT2D eigenvalue weighted by molar-refractivity contribution is 7.18. The molecule has 4 aromatic rings. The third-order valence-electron chi connectivity index (χ3n) is 9.77. The molecule has 1 aromatic carbocycles. The van der Waals surface area contributed by atoms with E-state index in [0.29, 0.717) is 47.8 Å². The Labute approximate surface area is 276 Å². The molecule has 3 aromatic heterocycles. The van der Waals surface area contributed by atoms with E-state index in [9.17, 15) is 28.3 Å². The number of carbonyl (C=O) groups is 1. The molecule has 0 radical (unpaired) electrons. The number of aliphatic hydroxyl groups is 1. The van der Waals surface area contributed by atoms with E-state index in [1.165, 1.54) is 11.9 Å². The van der Waals surface area contributed by atoms with Crippen molar-refractivity contribution in [1.82, 2.24) is 24.3 Å². The van der Waals surface area contributed by atoms with E-state index in [2.05, 4.69) is 45.3 Å². The van der Waals surface area contributed by atoms with Gasteiger partial charge in [0.1, 0.15) is 28.7 Å². The summed E-state index contributed by atoms with van der Waals surface area (Å²) in [5.74, 6) is 0.814. The Morgan fingerprint density at radius 2 is 1.87 bits per heavy atom. The Morgan fingerprint density at radius 3 is 2.55 bits per heavy atom. The minimum atomic E-state index is -4.27. The SMILES string of the molecule is CCC(=O)N1CCC(C(O)Cn2c(C#N)cc3c(C)c(CN4CCC(Nc5ncnc6sc(CC(F)(F)F)cc56)CC4)ccc32)CC1. The van der Waals surface area contributed by atoms with Crippen LogP contribution in [0.15, 0.2) is 30.6 Å². The Hall–Kier alpha value is -3.73. The number of hydrogen-bond acceptors (Lipinski definition) is 8. The van der Waals surface area contributed by atoms with Crippen molar-refractivity contribution >= 4 is 44.2 Å². The molecule has 2 aliphatic rings. The summed E-state index contributed by atoms with van der Waals surface area (Å²) in [5, 5.41) is 26.2. The van der Waals surface area contributed by atoms with E-state index in [-0.39, 0.29) is 22.7 Å². The van der Waals surface area contributed by atoms with Gasteiger partial charge < -0.3 is 19.9 Å². The molecule has 2 aliphatic heterocycles. The Morgan fingerprint density at radius 1 is 1.13 bits per heavy atom. The van der Waals surface area contributed by atoms with E-state index < -0.39 is 18.7 Å². The summed E-state index contributed by atoms with van der Waals surface area (Å²) in [5.41, 5.74) is 3.77. The van der Waals surface area contributed by atoms with Crippen LogP contribution in [0.4, 0.5) is 19.0 Å². The van der Waals surface area contributed by atoms with Gasteiger partial charge in [-0.3, -0.25) is 9.69 Å². The van der Waals surface area contributed by atoms with Crippen molar-refractivity contribution < 1.29 is 23.1 Å². The van der Waals surface area contributed by atoms with Crippen molar-refractivity contribution in [2.24, 2.45) is 5.92 Å². The predicted octanol–water partition coefficient (Wildman–Crippen LogP) is 6.02. The van der Waals surface area contributed by atoms with Crippen LogP contribution in [0.2, 0.25) is 0 Å². The number of aryl methyl sites for hydroxylation is 1. The molecule has 1 amide bonds. The molecule has 1 atom stereocenters. The Bertz CT molecular complexity index is 1780. The summed E-state index contributed by atoms with van der Waals surface area (Å²) in [6.07, 6.45) is -0.705. The highest BCUT2D eigenvalue weighted by Crippen LogP contribution is 2.34. The average molecular weight is 668 g/mol. The van der Waals surface area contributed by atoms with Gasteiger partial charge in [-0.25, -0.2) is 9.97 Å². The fourth-order valence-corrected chi connectivity index (χ4v) is 8.08. The number of aliphatic hydroxyl groups excluding tert-OH is 1. The number of halogens is 3. The van der Waals surface area contributed by atoms with E-state index in [1.54, 1.807) is 6.07 Å². The molecule has 13 heteroatoms. The summed E-state index contributed by atoms with van der Waals surface area (Å²) in [4.78, 5) is 25.6. The number of aromatic nitrogens is 3. The largest absolute Gasteiger partial charge is 0.393 e. The van der Waals surface area contributed by atoms with Gasteiger partial charge in [-0.05, 0) is 67.9 Å². The number of fused-ring (bicyclic) bond motifs is 2. The Kier molecular flexibility index (Phi) is 9.73. The zero-order valence-corrected chi connectivity index (χ0v) is 27.5. The van der Waals surface area contributed by atoms with E-state index in [1.807, 2.05) is 22.5 Å². The molecule has 2 fully saturated rings. The summed E-state index contributed by atoms with van der Waals surface area (Å²) < 4.78 is 40.7. The number of nitrogens with zero attached hydrogens (tertiary/aromatic N) is 6. The molecule has 1 unspecified atom stereocenters. The van der Waals surface area contributed by atoms with Crippen LogP contribution in [0.1, 0.15) is 60.7 Å². The maximum atomic E-state index is 12.9. The second-order valence-corrected chi connectivity index (χ2v) is 13.9. The van der Waals surface area contributed by atoms with E-state index in [0.717, 1.165) is 73.1 Å². The van der Waals surface area contributed by atoms with Crippen molar-refractivity contribution in [2.75, 3.05) is 31.5 Å². The second-order valence-electron chi connectivity index (χ2n) is 12.8. The summed E-state index contributed by atoms with van der Waals surface area (Å²) in [6.45, 7) is 8.08. The van der Waals surface area contributed by atoms with Crippen LogP contribution in [0.25, 0.3) is 21.1 Å². The lowest BCUT2D eigenvalue weighted by Gasteiger charge is -2.34. The topological polar surface area (TPSA) is 110 Å². The zero-order chi connectivity index (χ0) is 33.3. The molecular weight excluding hydrogens is 627 g/mol. The lowest BCUT2D eigenvalue weighted by molar-refractivity contribution is -0.133. The standard InChI is InChI=1S/C34H40F3N7O2S/c1-3-31(46)43-12-6-22(7-13-43)30(45)19-44-25(17-38)14-27-21(2)23(4-5-29(27)44)18-42-10-8-24(9-11-42)41-32-28-15-26(16-34(35,36)37)47-33(28)40-20-39-32/h4-5,14-15,20,22,24,30,45H,3,6-13,16,18-19H2,1-2H3,(H,39,40,41). The van der Waals surface area contributed by atoms with Crippen LogP contribution in [-0.2, 0) is 24.3 Å². The normalized spacial score (nSPS) is 17.8. The highest BCUT2D eigenvalue weighted by Gasteiger charge is 2.30. The minimum Gasteiger partial charge on any atom is -0.391 e. The minimum absolute atomic E-state index is 0.0788. The molecule has 250 valence electrons. The molecule has 0 saturated carbocycles. The maximum absolute atomic E-state index is 12.9. The second kappa shape index (κ2) is 13.8. The van der Waals surface area contributed by atoms with Crippen molar-refractivity contribution in [3.63, 3.8) is 0 Å². The molecule has 47 heavy (non-hydrogen) atoms. The number of hydrogen-bond donors (Lipinski definition) is 2. The van der Waals surface area contributed by atoms with E-state index >= 15 is 0 Å². The number of nitriles is 1. The van der Waals surface area contributed by atoms with Gasteiger partial charge in [0.15, 0.2) is 0 Å². The summed E-state index contributed by atoms with van der Waals surface area (Å²) in [6, 6.07) is 10.1. The van der Waals surface area contributed by atoms with Crippen LogP contribution < -0.4 is 5.32 Å². The van der Waals surface area contributed by atoms with Crippen LogP contribution in [0.5, 0.6) is 0 Å². The van der Waals surface area contributed by atoms with Crippen LogP contribution >= 0.6 is 11.3 Å². The van der Waals surface area contributed by atoms with Crippen molar-refractivity contribution in [2.45, 2.75) is 83.8 Å². The fourth-order valence-electron chi connectivity index (χ4n) is 7.05. The lowest BCUT2D eigenvalue weighted by atomic mass is 9.91. The fraction of sp³-hybridized carbons (Fsp3) is 0.529. The monoisotopic (exact) mass is 667 g/mol. The first-order valence-electron chi connectivity index (χ1n) is 16.3. The van der Waals surface area contributed by atoms with Crippen molar-refractivity contribution in [3.8, 4) is 6.07 Å². The van der Waals surface area contributed by atoms with Gasteiger partial charge in [-0.15, -0.1) is 11.3 Å². The molecule has 6 rings (SSSR count). The lowest BCUT2D eigenvalue weighted by Crippen LogP contribution is -2.41. The smallest absolute Gasteiger partial charge is 0.391 e. The van der Waals surface area contributed by atoms with Gasteiger partial charge in [-0.2, -0.15) is 18.4 Å². The summed E-state index contributed by atoms with van der Waals surface area (Å²) >= 11 is 1.06. The first-order chi connectivity index (χ1) is 22.5. The molecular formula is C34H40F3N7O2S. The molecule has 9 nitrogen and oxygen atoms in total. The quantitative estimate of drug-likeness (QED) is 0.225. The van der Waals surface area contributed by atoms with Crippen LogP contribution in [0, 0.1) is 24.2 Å². The molecule has 2 N–H and O–H groups in total. The maximum Gasteiger partial charge on any atom is 0.393 e. The van der Waals surface area contributed by atoms with Gasteiger partial charge >= 0.3 is 6.18 Å². The van der Waals surface area contributed by atoms with Gasteiger partial charge in [0, 0.05) is 61.0 Å². The first-order valence-corrected chi connectivity index (χ1v) is 17.1. The number of alkyl halides is 3. The third-order valence-corrected chi connectivity index (χ3v) is 10.8. The number of benzene rings is 1. The van der Waals surface area contributed by atoms with Gasteiger partial charge in [0.05, 0.1) is 24.5 Å². The van der Waals surface area contributed by atoms with Gasteiger partial charge in [-0.1, -0.05) is 13.0 Å². The molecule has 0 spiro atoms. The number of anilines is 1. The van der Waals surface area contributed by atoms with Crippen LogP contribution in [-0.4, -0.2) is 79.8 Å². The molecule has 0 bridgehead atoms. The molecule has 0 aliphatic carbocycles. The average Bonchev–Trinajstić information content (AvgIpc) is 3.63. The summed E-state index contributed by atoms with van der Waals surface area (Å²) in [7, 11) is 0. The number of likely N-dealkylation sites (tertiary alicyclic amines) is 2. The number of thiophene rings is 1. The van der Waals surface area contributed by atoms with Crippen molar-refractivity contribution in [1.29, 1.82) is 5.26 Å². The van der Waals surface area contributed by atoms with Crippen molar-refractivity contribution in [3.05, 3.63) is 52.3 Å². The number of nitrogens with one attached hydrogen (secondary N) is 1. The number of amides is 1. The predicted molar refractivity (Wildman–Crippen MR) is 176 cm³/mol. The third kappa shape index (κ3) is 7.40. The number of piperidine rings is 2. The molecule has 5 heterocycles. The Balaban J connectivity index is 1.08. The van der Waals surface area contributed by atoms with Gasteiger partial charge in [0.2, 0.25) is 5.91 Å².